The van der Waals surface area contributed by atoms with Gasteiger partial charge in [-0.25, -0.2) is 8.42 Å². The summed E-state index contributed by atoms with van der Waals surface area (Å²) in [5.41, 5.74) is 0. The van der Waals surface area contributed by atoms with E-state index in [0.717, 1.165) is 21.5 Å². The lowest BCUT2D eigenvalue weighted by Crippen LogP contribution is -1.97. The first-order valence-electron chi connectivity index (χ1n) is 5.42. The number of hydrogen-bond donors (Lipinski definition) is 0. The number of benzene rings is 3. The molecule has 0 amide bonds. The van der Waals surface area contributed by atoms with E-state index in [9.17, 15) is 13.0 Å². The van der Waals surface area contributed by atoms with E-state index in [4.69, 9.17) is 0 Å². The van der Waals surface area contributed by atoms with Crippen LogP contribution in [0.3, 0.4) is 0 Å². The van der Waals surface area contributed by atoms with E-state index in [-0.39, 0.29) is 4.90 Å². The van der Waals surface area contributed by atoms with Crippen molar-refractivity contribution in [1.29, 1.82) is 0 Å². The van der Waals surface area contributed by atoms with Gasteiger partial charge in [0.15, 0.2) is 0 Å². The minimum Gasteiger partial charge on any atom is -0.744 e. The first-order chi connectivity index (χ1) is 8.54. The number of hydrogen-bond acceptors (Lipinski definition) is 3. The first-order valence-corrected chi connectivity index (χ1v) is 6.83. The molecule has 3 aromatic rings. The maximum atomic E-state index is 11.0. The van der Waals surface area contributed by atoms with Gasteiger partial charge in [-0.05, 0) is 45.8 Å². The Bertz CT molecular complexity index is 851. The van der Waals surface area contributed by atoms with Crippen molar-refractivity contribution in [2.45, 2.75) is 4.90 Å². The Morgan fingerprint density at radius 1 is 0.722 bits per heavy atom. The third kappa shape index (κ3) is 1.85. The van der Waals surface area contributed by atoms with Crippen LogP contribution in [-0.4, -0.2) is 13.0 Å². The van der Waals surface area contributed by atoms with E-state index in [1.807, 2.05) is 36.4 Å². The van der Waals surface area contributed by atoms with Gasteiger partial charge in [0, 0.05) is 0 Å². The Hall–Kier alpha value is -1.91. The van der Waals surface area contributed by atoms with Crippen molar-refractivity contribution in [3.05, 3.63) is 54.6 Å². The quantitative estimate of drug-likeness (QED) is 0.497. The average molecular weight is 257 g/mol. The van der Waals surface area contributed by atoms with Crippen molar-refractivity contribution in [3.8, 4) is 0 Å². The van der Waals surface area contributed by atoms with Crippen molar-refractivity contribution in [2.24, 2.45) is 0 Å². The maximum absolute atomic E-state index is 11.0. The smallest absolute Gasteiger partial charge is 0.124 e. The van der Waals surface area contributed by atoms with Crippen molar-refractivity contribution >= 4 is 31.7 Å². The number of fused-ring (bicyclic) bond motifs is 2. The zero-order chi connectivity index (χ0) is 12.8. The summed E-state index contributed by atoms with van der Waals surface area (Å²) < 4.78 is 33.0. The van der Waals surface area contributed by atoms with Crippen LogP contribution in [0.4, 0.5) is 0 Å². The standard InChI is InChI=1S/C14H10O3S/c15-18(16,17)14-6-5-12-7-10-3-1-2-4-11(10)8-13(12)9-14/h1-9H,(H,15,16,17)/p-1. The molecule has 0 radical (unpaired) electrons. The molecule has 90 valence electrons. The summed E-state index contributed by atoms with van der Waals surface area (Å²) in [7, 11) is -4.40. The van der Waals surface area contributed by atoms with Gasteiger partial charge in [-0.1, -0.05) is 30.3 Å². The lowest BCUT2D eigenvalue weighted by molar-refractivity contribution is 0.463. The molecule has 18 heavy (non-hydrogen) atoms. The molecular weight excluding hydrogens is 248 g/mol. The van der Waals surface area contributed by atoms with E-state index in [0.29, 0.717) is 0 Å². The maximum Gasteiger partial charge on any atom is 0.124 e. The van der Waals surface area contributed by atoms with E-state index in [1.165, 1.54) is 12.1 Å². The molecular formula is C14H9O3S-. The van der Waals surface area contributed by atoms with Gasteiger partial charge in [0.25, 0.3) is 0 Å². The third-order valence-electron chi connectivity index (χ3n) is 2.96. The Labute approximate surface area is 104 Å². The SMILES string of the molecule is O=S(=O)([O-])c1ccc2cc3ccccc3cc2c1. The van der Waals surface area contributed by atoms with Crippen molar-refractivity contribution in [3.63, 3.8) is 0 Å². The molecule has 0 aromatic heterocycles. The summed E-state index contributed by atoms with van der Waals surface area (Å²) in [6, 6.07) is 16.1. The van der Waals surface area contributed by atoms with Crippen LogP contribution in [0.5, 0.6) is 0 Å². The molecule has 0 heterocycles. The fourth-order valence-electron chi connectivity index (χ4n) is 2.07. The largest absolute Gasteiger partial charge is 0.744 e. The second-order valence-electron chi connectivity index (χ2n) is 4.16. The van der Waals surface area contributed by atoms with Gasteiger partial charge in [0.2, 0.25) is 0 Å². The molecule has 4 heteroatoms. The molecule has 0 saturated carbocycles. The van der Waals surface area contributed by atoms with Crippen LogP contribution in [0.2, 0.25) is 0 Å². The van der Waals surface area contributed by atoms with Crippen LogP contribution in [-0.2, 0) is 10.1 Å². The molecule has 3 aromatic carbocycles. The van der Waals surface area contributed by atoms with Gasteiger partial charge in [0.1, 0.15) is 10.1 Å². The fourth-order valence-corrected chi connectivity index (χ4v) is 2.58. The predicted octanol–water partition coefficient (Wildman–Crippen LogP) is 2.90. The van der Waals surface area contributed by atoms with Crippen LogP contribution < -0.4 is 0 Å². The lowest BCUT2D eigenvalue weighted by Gasteiger charge is -2.08. The highest BCUT2D eigenvalue weighted by molar-refractivity contribution is 7.85. The van der Waals surface area contributed by atoms with E-state index < -0.39 is 10.1 Å². The van der Waals surface area contributed by atoms with Crippen LogP contribution >= 0.6 is 0 Å². The Balaban J connectivity index is 2.37. The minimum atomic E-state index is -4.40. The van der Waals surface area contributed by atoms with Crippen molar-refractivity contribution in [1.82, 2.24) is 0 Å². The highest BCUT2D eigenvalue weighted by atomic mass is 32.2. The minimum absolute atomic E-state index is 0.190. The summed E-state index contributed by atoms with van der Waals surface area (Å²) in [5, 5.41) is 3.78. The highest BCUT2D eigenvalue weighted by Gasteiger charge is 2.03. The first kappa shape index (κ1) is 11.2. The van der Waals surface area contributed by atoms with E-state index in [1.54, 1.807) is 6.07 Å². The van der Waals surface area contributed by atoms with E-state index >= 15 is 0 Å². The Morgan fingerprint density at radius 2 is 1.28 bits per heavy atom. The highest BCUT2D eigenvalue weighted by Crippen LogP contribution is 2.24. The van der Waals surface area contributed by atoms with Crippen LogP contribution in [0.1, 0.15) is 0 Å². The summed E-state index contributed by atoms with van der Waals surface area (Å²) in [6.07, 6.45) is 0. The van der Waals surface area contributed by atoms with Crippen molar-refractivity contribution < 1.29 is 13.0 Å². The van der Waals surface area contributed by atoms with Gasteiger partial charge in [-0.3, -0.25) is 0 Å². The topological polar surface area (TPSA) is 57.2 Å². The molecule has 0 unspecified atom stereocenters. The van der Waals surface area contributed by atoms with E-state index in [2.05, 4.69) is 0 Å². The second-order valence-corrected chi connectivity index (χ2v) is 5.54. The molecule has 3 rings (SSSR count). The van der Waals surface area contributed by atoms with Gasteiger partial charge in [0.05, 0.1) is 4.90 Å². The molecule has 0 bridgehead atoms. The zero-order valence-corrected chi connectivity index (χ0v) is 10.1. The normalized spacial score (nSPS) is 12.1. The fraction of sp³-hybridized carbons (Fsp3) is 0. The van der Waals surface area contributed by atoms with Gasteiger partial charge < -0.3 is 4.55 Å². The molecule has 0 aliphatic carbocycles. The van der Waals surface area contributed by atoms with Gasteiger partial charge in [-0.2, -0.15) is 0 Å². The Kier molecular flexibility index (Phi) is 2.36. The molecule has 0 atom stereocenters. The summed E-state index contributed by atoms with van der Waals surface area (Å²) >= 11 is 0. The van der Waals surface area contributed by atoms with Crippen LogP contribution in [0.25, 0.3) is 21.5 Å². The molecule has 0 spiro atoms. The monoisotopic (exact) mass is 257 g/mol. The summed E-state index contributed by atoms with van der Waals surface area (Å²) in [5.74, 6) is 0. The van der Waals surface area contributed by atoms with Gasteiger partial charge >= 0.3 is 0 Å². The third-order valence-corrected chi connectivity index (χ3v) is 3.80. The van der Waals surface area contributed by atoms with Crippen LogP contribution in [0.15, 0.2) is 59.5 Å². The molecule has 0 aliphatic rings. The zero-order valence-electron chi connectivity index (χ0n) is 9.33. The van der Waals surface area contributed by atoms with Crippen molar-refractivity contribution in [2.75, 3.05) is 0 Å². The second kappa shape index (κ2) is 3.80. The molecule has 0 aliphatic heterocycles. The summed E-state index contributed by atoms with van der Waals surface area (Å²) in [6.45, 7) is 0. The molecule has 3 nitrogen and oxygen atoms in total. The average Bonchev–Trinajstić information content (AvgIpc) is 2.34. The lowest BCUT2D eigenvalue weighted by atomic mass is 10.0. The molecule has 0 N–H and O–H groups in total. The molecule has 0 fully saturated rings. The summed E-state index contributed by atoms with van der Waals surface area (Å²) in [4.78, 5) is -0.190. The van der Waals surface area contributed by atoms with Crippen LogP contribution in [0, 0.1) is 0 Å². The Morgan fingerprint density at radius 3 is 1.89 bits per heavy atom. The number of rotatable bonds is 1. The predicted molar refractivity (Wildman–Crippen MR) is 69.4 cm³/mol. The van der Waals surface area contributed by atoms with Gasteiger partial charge in [-0.15, -0.1) is 0 Å². The molecule has 0 saturated heterocycles.